The van der Waals surface area contributed by atoms with Gasteiger partial charge in [-0.05, 0) is 25.2 Å². The molecule has 0 saturated carbocycles. The van der Waals surface area contributed by atoms with Crippen molar-refractivity contribution in [3.63, 3.8) is 0 Å². The van der Waals surface area contributed by atoms with Crippen LogP contribution in [0.2, 0.25) is 0 Å². The number of amides is 2. The van der Waals surface area contributed by atoms with Crippen LogP contribution in [-0.4, -0.2) is 68.4 Å². The minimum atomic E-state index is -3.43. The van der Waals surface area contributed by atoms with Crippen molar-refractivity contribution in [3.05, 3.63) is 24.3 Å². The fraction of sp³-hybridized carbons (Fsp3) is 0.500. The molecule has 0 unspecified atom stereocenters. The largest absolute Gasteiger partial charge is 0.326 e. The van der Waals surface area contributed by atoms with Crippen LogP contribution in [0.3, 0.4) is 0 Å². The molecule has 1 saturated heterocycles. The molecule has 0 aromatic heterocycles. The molecule has 1 fully saturated rings. The van der Waals surface area contributed by atoms with Crippen molar-refractivity contribution >= 4 is 33.2 Å². The second kappa shape index (κ2) is 8.41. The van der Waals surface area contributed by atoms with Gasteiger partial charge in [-0.25, -0.2) is 8.42 Å². The van der Waals surface area contributed by atoms with E-state index >= 15 is 0 Å². The molecular weight excluding hydrogens is 344 g/mol. The molecule has 8 nitrogen and oxygen atoms in total. The topological polar surface area (TPSA) is 98.8 Å². The summed E-state index contributed by atoms with van der Waals surface area (Å²) in [5.41, 5.74) is 1.07. The van der Waals surface area contributed by atoms with E-state index in [0.717, 1.165) is 0 Å². The number of carbonyl (C=O) groups excluding carboxylic acids is 2. The summed E-state index contributed by atoms with van der Waals surface area (Å²) in [6, 6.07) is 6.70. The van der Waals surface area contributed by atoms with E-state index in [2.05, 4.69) is 15.5 Å². The molecule has 1 aromatic carbocycles. The van der Waals surface area contributed by atoms with Gasteiger partial charge >= 0.3 is 0 Å². The smallest absolute Gasteiger partial charge is 0.225 e. The number of rotatable bonds is 6. The molecular formula is C16H24N4O4S. The summed E-state index contributed by atoms with van der Waals surface area (Å²) in [7, 11) is -1.48. The molecule has 0 radical (unpaired) electrons. The second-order valence-electron chi connectivity index (χ2n) is 6.08. The first-order valence-corrected chi connectivity index (χ1v) is 9.71. The summed E-state index contributed by atoms with van der Waals surface area (Å²) in [6.07, 6.45) is -0.112. The maximum absolute atomic E-state index is 12.3. The number of carbonyl (C=O) groups is 2. The fourth-order valence-corrected chi connectivity index (χ4v) is 3.94. The SMILES string of the molecule is CC(=O)Nc1cccc(NC(=O)CCS(=O)(=O)N2CCN(C)CC2)c1. The summed E-state index contributed by atoms with van der Waals surface area (Å²) in [6.45, 7) is 3.70. The van der Waals surface area contributed by atoms with Crippen molar-refractivity contribution in [3.8, 4) is 0 Å². The Morgan fingerprint density at radius 1 is 1.08 bits per heavy atom. The maximum Gasteiger partial charge on any atom is 0.225 e. The van der Waals surface area contributed by atoms with Gasteiger partial charge in [0.15, 0.2) is 0 Å². The van der Waals surface area contributed by atoms with Crippen LogP contribution in [0.15, 0.2) is 24.3 Å². The highest BCUT2D eigenvalue weighted by Gasteiger charge is 2.26. The summed E-state index contributed by atoms with van der Waals surface area (Å²) in [4.78, 5) is 25.2. The first-order chi connectivity index (χ1) is 11.8. The molecule has 2 amide bonds. The molecule has 1 aliphatic rings. The zero-order valence-electron chi connectivity index (χ0n) is 14.5. The van der Waals surface area contributed by atoms with Crippen LogP contribution in [0.25, 0.3) is 0 Å². The Balaban J connectivity index is 1.87. The number of nitrogens with one attached hydrogen (secondary N) is 2. The van der Waals surface area contributed by atoms with Crippen molar-refractivity contribution in [2.24, 2.45) is 0 Å². The van der Waals surface area contributed by atoms with Crippen molar-refractivity contribution < 1.29 is 18.0 Å². The summed E-state index contributed by atoms with van der Waals surface area (Å²) in [5.74, 6) is -0.798. The molecule has 1 heterocycles. The summed E-state index contributed by atoms with van der Waals surface area (Å²) < 4.78 is 26.1. The van der Waals surface area contributed by atoms with E-state index in [9.17, 15) is 18.0 Å². The molecule has 0 spiro atoms. The average Bonchev–Trinajstić information content (AvgIpc) is 2.53. The highest BCUT2D eigenvalue weighted by molar-refractivity contribution is 7.89. The monoisotopic (exact) mass is 368 g/mol. The number of likely N-dealkylation sites (N-methyl/N-ethyl adjacent to an activating group) is 1. The van der Waals surface area contributed by atoms with Crippen molar-refractivity contribution in [1.82, 2.24) is 9.21 Å². The first kappa shape index (κ1) is 19.4. The van der Waals surface area contributed by atoms with E-state index in [-0.39, 0.29) is 24.0 Å². The van der Waals surface area contributed by atoms with Gasteiger partial charge in [0.2, 0.25) is 21.8 Å². The van der Waals surface area contributed by atoms with E-state index in [1.54, 1.807) is 24.3 Å². The van der Waals surface area contributed by atoms with Crippen LogP contribution in [0.4, 0.5) is 11.4 Å². The molecule has 25 heavy (non-hydrogen) atoms. The van der Waals surface area contributed by atoms with Crippen molar-refractivity contribution in [2.45, 2.75) is 13.3 Å². The highest BCUT2D eigenvalue weighted by atomic mass is 32.2. The van der Waals surface area contributed by atoms with Crippen LogP contribution in [-0.2, 0) is 19.6 Å². The van der Waals surface area contributed by atoms with Crippen LogP contribution >= 0.6 is 0 Å². The Hall–Kier alpha value is -1.97. The number of benzene rings is 1. The standard InChI is InChI=1S/C16H24N4O4S/c1-13(21)17-14-4-3-5-15(12-14)18-16(22)6-11-25(23,24)20-9-7-19(2)8-10-20/h3-5,12H,6-11H2,1-2H3,(H,17,21)(H,18,22). The third-order valence-corrected chi connectivity index (χ3v) is 5.78. The van der Waals surface area contributed by atoms with Gasteiger partial charge in [0.25, 0.3) is 0 Å². The lowest BCUT2D eigenvalue weighted by atomic mass is 10.2. The Kier molecular flexibility index (Phi) is 6.51. The molecule has 2 rings (SSSR count). The third kappa shape index (κ3) is 6.11. The second-order valence-corrected chi connectivity index (χ2v) is 8.17. The zero-order chi connectivity index (χ0) is 18.4. The lowest BCUT2D eigenvalue weighted by molar-refractivity contribution is -0.116. The van der Waals surface area contributed by atoms with Gasteiger partial charge in [-0.15, -0.1) is 0 Å². The summed E-state index contributed by atoms with van der Waals surface area (Å²) >= 11 is 0. The Bertz CT molecular complexity index is 727. The molecule has 1 aliphatic heterocycles. The first-order valence-electron chi connectivity index (χ1n) is 8.10. The van der Waals surface area contributed by atoms with E-state index < -0.39 is 10.0 Å². The van der Waals surface area contributed by atoms with Gasteiger partial charge in [0, 0.05) is 50.9 Å². The molecule has 0 bridgehead atoms. The predicted octanol–water partition coefficient (Wildman–Crippen LogP) is 0.551. The average molecular weight is 368 g/mol. The zero-order valence-corrected chi connectivity index (χ0v) is 15.3. The Morgan fingerprint density at radius 3 is 2.28 bits per heavy atom. The predicted molar refractivity (Wildman–Crippen MR) is 96.8 cm³/mol. The molecule has 2 N–H and O–H groups in total. The van der Waals surface area contributed by atoms with Gasteiger partial charge < -0.3 is 15.5 Å². The lowest BCUT2D eigenvalue weighted by Crippen LogP contribution is -2.47. The van der Waals surface area contributed by atoms with E-state index in [1.807, 2.05) is 7.05 Å². The quantitative estimate of drug-likeness (QED) is 0.764. The Morgan fingerprint density at radius 2 is 1.68 bits per heavy atom. The normalized spacial score (nSPS) is 16.4. The van der Waals surface area contributed by atoms with Gasteiger partial charge in [-0.3, -0.25) is 9.59 Å². The minimum absolute atomic E-state index is 0.112. The van der Waals surface area contributed by atoms with Crippen LogP contribution in [0.1, 0.15) is 13.3 Å². The van der Waals surface area contributed by atoms with Crippen molar-refractivity contribution in [2.75, 3.05) is 49.6 Å². The van der Waals surface area contributed by atoms with Crippen molar-refractivity contribution in [1.29, 1.82) is 0 Å². The minimum Gasteiger partial charge on any atom is -0.326 e. The van der Waals surface area contributed by atoms with Crippen LogP contribution in [0.5, 0.6) is 0 Å². The third-order valence-electron chi connectivity index (χ3n) is 3.91. The number of anilines is 2. The van der Waals surface area contributed by atoms with Gasteiger partial charge in [0.05, 0.1) is 5.75 Å². The molecule has 1 aromatic rings. The Labute approximate surface area is 148 Å². The van der Waals surface area contributed by atoms with Gasteiger partial charge in [-0.1, -0.05) is 6.07 Å². The van der Waals surface area contributed by atoms with E-state index in [1.165, 1.54) is 11.2 Å². The molecule has 9 heteroatoms. The molecule has 0 atom stereocenters. The van der Waals surface area contributed by atoms with E-state index in [0.29, 0.717) is 37.6 Å². The highest BCUT2D eigenvalue weighted by Crippen LogP contribution is 2.15. The van der Waals surface area contributed by atoms with Gasteiger partial charge in [-0.2, -0.15) is 4.31 Å². The summed E-state index contributed by atoms with van der Waals surface area (Å²) in [5, 5.41) is 5.28. The maximum atomic E-state index is 12.3. The number of hydrogen-bond donors (Lipinski definition) is 2. The fourth-order valence-electron chi connectivity index (χ4n) is 2.52. The van der Waals surface area contributed by atoms with E-state index in [4.69, 9.17) is 0 Å². The van der Waals surface area contributed by atoms with Crippen LogP contribution in [0, 0.1) is 0 Å². The number of nitrogens with zero attached hydrogens (tertiary/aromatic N) is 2. The number of hydrogen-bond acceptors (Lipinski definition) is 5. The van der Waals surface area contributed by atoms with Gasteiger partial charge in [0.1, 0.15) is 0 Å². The molecule has 0 aliphatic carbocycles. The lowest BCUT2D eigenvalue weighted by Gasteiger charge is -2.31. The molecule has 138 valence electrons. The van der Waals surface area contributed by atoms with Crippen LogP contribution < -0.4 is 10.6 Å². The number of piperazine rings is 1. The number of sulfonamides is 1.